The van der Waals surface area contributed by atoms with Crippen molar-refractivity contribution in [3.8, 4) is 17.1 Å². The van der Waals surface area contributed by atoms with Crippen LogP contribution < -0.4 is 4.74 Å². The lowest BCUT2D eigenvalue weighted by Gasteiger charge is -2.03. The Morgan fingerprint density at radius 3 is 2.76 bits per heavy atom. The Hall–Kier alpha value is -2.88. The summed E-state index contributed by atoms with van der Waals surface area (Å²) in [6, 6.07) is 15.9. The summed E-state index contributed by atoms with van der Waals surface area (Å²) >= 11 is 0. The summed E-state index contributed by atoms with van der Waals surface area (Å²) in [7, 11) is 1.66. The van der Waals surface area contributed by atoms with Crippen molar-refractivity contribution >= 4 is 21.9 Å². The number of hydrogen-bond acceptors (Lipinski definition) is 3. The molecule has 0 aliphatic heterocycles. The van der Waals surface area contributed by atoms with Gasteiger partial charge in [-0.3, -0.25) is 4.98 Å². The predicted molar refractivity (Wildman–Crippen MR) is 83.4 cm³/mol. The van der Waals surface area contributed by atoms with Crippen molar-refractivity contribution in [2.24, 2.45) is 0 Å². The SMILES string of the molecule is COc1ccc2cc(-c3nc4ccccc4[nH]3)cnc2c1. The van der Waals surface area contributed by atoms with Crippen LogP contribution in [-0.2, 0) is 0 Å². The molecule has 2 heterocycles. The van der Waals surface area contributed by atoms with Gasteiger partial charge in [0.2, 0.25) is 0 Å². The van der Waals surface area contributed by atoms with Crippen LogP contribution in [0.15, 0.2) is 54.7 Å². The number of H-pyrrole nitrogens is 1. The molecular formula is C17H13N3O. The van der Waals surface area contributed by atoms with E-state index in [0.717, 1.165) is 39.1 Å². The Bertz CT molecular complexity index is 910. The lowest BCUT2D eigenvalue weighted by atomic mass is 10.1. The number of methoxy groups -OCH3 is 1. The average Bonchev–Trinajstić information content (AvgIpc) is 2.98. The van der Waals surface area contributed by atoms with Crippen molar-refractivity contribution in [2.75, 3.05) is 7.11 Å². The van der Waals surface area contributed by atoms with Crippen LogP contribution in [0.4, 0.5) is 0 Å². The number of nitrogens with zero attached hydrogens (tertiary/aromatic N) is 2. The molecule has 0 aliphatic carbocycles. The van der Waals surface area contributed by atoms with E-state index >= 15 is 0 Å². The van der Waals surface area contributed by atoms with Crippen LogP contribution in [0, 0.1) is 0 Å². The van der Waals surface area contributed by atoms with Gasteiger partial charge in [-0.15, -0.1) is 0 Å². The summed E-state index contributed by atoms with van der Waals surface area (Å²) in [4.78, 5) is 12.4. The van der Waals surface area contributed by atoms with Gasteiger partial charge in [0.05, 0.1) is 23.7 Å². The van der Waals surface area contributed by atoms with Gasteiger partial charge in [-0.05, 0) is 30.3 Å². The maximum Gasteiger partial charge on any atom is 0.140 e. The summed E-state index contributed by atoms with van der Waals surface area (Å²) in [5.74, 6) is 1.65. The summed E-state index contributed by atoms with van der Waals surface area (Å²) in [5, 5.41) is 1.06. The zero-order chi connectivity index (χ0) is 14.2. The van der Waals surface area contributed by atoms with Crippen LogP contribution >= 0.6 is 0 Å². The molecule has 4 nitrogen and oxygen atoms in total. The molecule has 0 unspecified atom stereocenters. The van der Waals surface area contributed by atoms with Crippen molar-refractivity contribution in [3.05, 3.63) is 54.7 Å². The molecule has 1 N–H and O–H groups in total. The first-order chi connectivity index (χ1) is 10.3. The Morgan fingerprint density at radius 1 is 1.00 bits per heavy atom. The predicted octanol–water partition coefficient (Wildman–Crippen LogP) is 3.79. The molecule has 4 rings (SSSR count). The van der Waals surface area contributed by atoms with Crippen LogP contribution in [0.5, 0.6) is 5.75 Å². The molecule has 2 aromatic carbocycles. The fourth-order valence-electron chi connectivity index (χ4n) is 2.45. The second kappa shape index (κ2) is 4.59. The van der Waals surface area contributed by atoms with Crippen LogP contribution in [0.25, 0.3) is 33.3 Å². The lowest BCUT2D eigenvalue weighted by molar-refractivity contribution is 0.415. The van der Waals surface area contributed by atoms with Crippen LogP contribution in [0.2, 0.25) is 0 Å². The number of rotatable bonds is 2. The van der Waals surface area contributed by atoms with E-state index < -0.39 is 0 Å². The summed E-state index contributed by atoms with van der Waals surface area (Å²) in [6.45, 7) is 0. The van der Waals surface area contributed by atoms with E-state index in [0.29, 0.717) is 0 Å². The molecule has 0 saturated heterocycles. The van der Waals surface area contributed by atoms with Gasteiger partial charge in [-0.1, -0.05) is 12.1 Å². The molecular weight excluding hydrogens is 262 g/mol. The molecule has 0 amide bonds. The third-order valence-corrected chi connectivity index (χ3v) is 3.55. The van der Waals surface area contributed by atoms with E-state index in [2.05, 4.69) is 21.0 Å². The number of hydrogen-bond donors (Lipinski definition) is 1. The topological polar surface area (TPSA) is 50.8 Å². The highest BCUT2D eigenvalue weighted by Crippen LogP contribution is 2.25. The first-order valence-electron chi connectivity index (χ1n) is 6.72. The Morgan fingerprint density at radius 2 is 1.90 bits per heavy atom. The number of pyridine rings is 1. The molecule has 0 bridgehead atoms. The molecule has 4 aromatic rings. The highest BCUT2D eigenvalue weighted by atomic mass is 16.5. The molecule has 0 spiro atoms. The van der Waals surface area contributed by atoms with Crippen LogP contribution in [-0.4, -0.2) is 22.1 Å². The quantitative estimate of drug-likeness (QED) is 0.605. The Balaban J connectivity index is 1.86. The van der Waals surface area contributed by atoms with Crippen molar-refractivity contribution < 1.29 is 4.74 Å². The largest absolute Gasteiger partial charge is 0.497 e. The minimum absolute atomic E-state index is 0.812. The van der Waals surface area contributed by atoms with Crippen molar-refractivity contribution in [3.63, 3.8) is 0 Å². The molecule has 0 aliphatic rings. The third-order valence-electron chi connectivity index (χ3n) is 3.55. The van der Waals surface area contributed by atoms with Gasteiger partial charge in [-0.2, -0.15) is 0 Å². The minimum atomic E-state index is 0.812. The second-order valence-electron chi connectivity index (χ2n) is 4.89. The number of aromatic nitrogens is 3. The highest BCUT2D eigenvalue weighted by Gasteiger charge is 2.07. The zero-order valence-electron chi connectivity index (χ0n) is 11.5. The van der Waals surface area contributed by atoms with E-state index in [1.54, 1.807) is 7.11 Å². The molecule has 2 aromatic heterocycles. The van der Waals surface area contributed by atoms with Crippen LogP contribution in [0.3, 0.4) is 0 Å². The van der Waals surface area contributed by atoms with E-state index in [1.165, 1.54) is 0 Å². The highest BCUT2D eigenvalue weighted by molar-refractivity contribution is 5.85. The molecule has 102 valence electrons. The molecule has 4 heteroatoms. The van der Waals surface area contributed by atoms with E-state index in [-0.39, 0.29) is 0 Å². The Kier molecular flexibility index (Phi) is 2.60. The smallest absolute Gasteiger partial charge is 0.140 e. The number of para-hydroxylation sites is 2. The minimum Gasteiger partial charge on any atom is -0.497 e. The molecule has 0 atom stereocenters. The van der Waals surface area contributed by atoms with E-state index in [1.807, 2.05) is 48.7 Å². The monoisotopic (exact) mass is 275 g/mol. The van der Waals surface area contributed by atoms with Gasteiger partial charge in [0.25, 0.3) is 0 Å². The molecule has 0 fully saturated rings. The van der Waals surface area contributed by atoms with Gasteiger partial charge in [0.15, 0.2) is 0 Å². The lowest BCUT2D eigenvalue weighted by Crippen LogP contribution is -1.87. The second-order valence-corrected chi connectivity index (χ2v) is 4.89. The fourth-order valence-corrected chi connectivity index (χ4v) is 2.45. The third kappa shape index (κ3) is 2.01. The maximum absolute atomic E-state index is 5.22. The van der Waals surface area contributed by atoms with Crippen molar-refractivity contribution in [1.82, 2.24) is 15.0 Å². The van der Waals surface area contributed by atoms with Gasteiger partial charge >= 0.3 is 0 Å². The summed E-state index contributed by atoms with van der Waals surface area (Å²) < 4.78 is 5.22. The maximum atomic E-state index is 5.22. The van der Waals surface area contributed by atoms with Gasteiger partial charge in [-0.25, -0.2) is 4.98 Å². The van der Waals surface area contributed by atoms with E-state index in [9.17, 15) is 0 Å². The summed E-state index contributed by atoms with van der Waals surface area (Å²) in [6.07, 6.45) is 1.83. The number of imidazole rings is 1. The van der Waals surface area contributed by atoms with E-state index in [4.69, 9.17) is 4.74 Å². The zero-order valence-corrected chi connectivity index (χ0v) is 11.5. The average molecular weight is 275 g/mol. The van der Waals surface area contributed by atoms with Gasteiger partial charge in [0, 0.05) is 23.2 Å². The van der Waals surface area contributed by atoms with Crippen molar-refractivity contribution in [2.45, 2.75) is 0 Å². The van der Waals surface area contributed by atoms with Gasteiger partial charge < -0.3 is 9.72 Å². The number of aromatic amines is 1. The van der Waals surface area contributed by atoms with Crippen molar-refractivity contribution in [1.29, 1.82) is 0 Å². The standard InChI is InChI=1S/C17H13N3O/c1-21-13-7-6-11-8-12(10-18-16(11)9-13)17-19-14-4-2-3-5-15(14)20-17/h2-10H,1H3,(H,19,20). The number of ether oxygens (including phenoxy) is 1. The first-order valence-corrected chi connectivity index (χ1v) is 6.72. The summed E-state index contributed by atoms with van der Waals surface area (Å²) in [5.41, 5.74) is 3.88. The Labute approximate surface area is 121 Å². The van der Waals surface area contributed by atoms with Crippen LogP contribution in [0.1, 0.15) is 0 Å². The number of benzene rings is 2. The molecule has 21 heavy (non-hydrogen) atoms. The molecule has 0 saturated carbocycles. The van der Waals surface area contributed by atoms with Gasteiger partial charge in [0.1, 0.15) is 11.6 Å². The first kappa shape index (κ1) is 11.9. The number of nitrogens with one attached hydrogen (secondary N) is 1. The molecule has 0 radical (unpaired) electrons. The normalized spacial score (nSPS) is 11.1. The fraction of sp³-hybridized carbons (Fsp3) is 0.0588. The number of fused-ring (bicyclic) bond motifs is 2.